The third-order valence-electron chi connectivity index (χ3n) is 5.98. The summed E-state index contributed by atoms with van der Waals surface area (Å²) in [5, 5.41) is 11.9. The smallest absolute Gasteiger partial charge is 0.229 e. The molecule has 1 fully saturated rings. The molecule has 8 nitrogen and oxygen atoms in total. The molecule has 2 bridgehead atoms. The molecule has 4 atom stereocenters. The highest BCUT2D eigenvalue weighted by Crippen LogP contribution is 2.45. The van der Waals surface area contributed by atoms with Gasteiger partial charge in [0.25, 0.3) is 0 Å². The highest BCUT2D eigenvalue weighted by molar-refractivity contribution is 6.32. The van der Waals surface area contributed by atoms with Crippen molar-refractivity contribution in [3.8, 4) is 0 Å². The molecule has 0 spiro atoms. The van der Waals surface area contributed by atoms with E-state index < -0.39 is 0 Å². The Hall–Kier alpha value is -3.10. The second-order valence-electron chi connectivity index (χ2n) is 8.11. The van der Waals surface area contributed by atoms with Crippen LogP contribution in [0, 0.1) is 17.8 Å². The third kappa shape index (κ3) is 4.16. The summed E-state index contributed by atoms with van der Waals surface area (Å²) in [7, 11) is 0. The van der Waals surface area contributed by atoms with E-state index in [0.29, 0.717) is 28.4 Å². The van der Waals surface area contributed by atoms with Crippen LogP contribution >= 0.6 is 23.2 Å². The van der Waals surface area contributed by atoms with Crippen LogP contribution in [0.1, 0.15) is 12.0 Å². The van der Waals surface area contributed by atoms with Crippen LogP contribution in [0.25, 0.3) is 0 Å². The Balaban J connectivity index is 1.29. The zero-order chi connectivity index (χ0) is 22.2. The number of benzene rings is 1. The first-order valence-electron chi connectivity index (χ1n) is 10.3. The number of primary amides is 1. The molecule has 0 aliphatic heterocycles. The van der Waals surface area contributed by atoms with E-state index in [1.807, 2.05) is 30.5 Å². The molecule has 2 heterocycles. The minimum atomic E-state index is -0.309. The van der Waals surface area contributed by atoms with Crippen LogP contribution in [0.2, 0.25) is 10.0 Å². The molecule has 0 unspecified atom stereocenters. The van der Waals surface area contributed by atoms with Gasteiger partial charge in [0.2, 0.25) is 11.9 Å². The fourth-order valence-corrected chi connectivity index (χ4v) is 4.79. The van der Waals surface area contributed by atoms with Crippen LogP contribution in [0.5, 0.6) is 0 Å². The maximum absolute atomic E-state index is 12.0. The molecule has 4 N–H and O–H groups in total. The first-order valence-corrected chi connectivity index (χ1v) is 11.0. The lowest BCUT2D eigenvalue weighted by molar-refractivity contribution is -0.122. The van der Waals surface area contributed by atoms with Gasteiger partial charge < -0.3 is 16.4 Å². The number of halogens is 2. The van der Waals surface area contributed by atoms with Crippen LogP contribution in [0.15, 0.2) is 55.0 Å². The van der Waals surface area contributed by atoms with Crippen molar-refractivity contribution < 1.29 is 4.79 Å². The molecule has 10 heteroatoms. The zero-order valence-corrected chi connectivity index (χ0v) is 18.5. The van der Waals surface area contributed by atoms with Crippen LogP contribution in [-0.2, 0) is 11.3 Å². The van der Waals surface area contributed by atoms with Crippen molar-refractivity contribution >= 4 is 46.6 Å². The maximum atomic E-state index is 12.0. The largest absolute Gasteiger partial charge is 0.369 e. The lowest BCUT2D eigenvalue weighted by atomic mass is 9.88. The van der Waals surface area contributed by atoms with Crippen molar-refractivity contribution in [2.24, 2.45) is 23.5 Å². The molecule has 1 aromatic carbocycles. The molecule has 2 aliphatic rings. The number of aromatic nitrogens is 4. The number of fused-ring (bicyclic) bond motifs is 2. The predicted molar refractivity (Wildman–Crippen MR) is 124 cm³/mol. The van der Waals surface area contributed by atoms with E-state index in [2.05, 4.69) is 37.9 Å². The fourth-order valence-electron chi connectivity index (χ4n) is 4.51. The summed E-state index contributed by atoms with van der Waals surface area (Å²) in [5.74, 6) is 0.646. The summed E-state index contributed by atoms with van der Waals surface area (Å²) in [5.41, 5.74) is 7.48. The van der Waals surface area contributed by atoms with Gasteiger partial charge in [-0.2, -0.15) is 10.1 Å². The number of carbonyl (C=O) groups excluding carboxylic acids is 1. The molecule has 3 aromatic rings. The number of nitrogens with zero attached hydrogens (tertiary/aromatic N) is 4. The Morgan fingerprint density at radius 1 is 1.16 bits per heavy atom. The third-order valence-corrected chi connectivity index (χ3v) is 6.51. The molecule has 5 rings (SSSR count). The van der Waals surface area contributed by atoms with Crippen molar-refractivity contribution in [2.45, 2.75) is 19.0 Å². The van der Waals surface area contributed by atoms with E-state index >= 15 is 0 Å². The Labute approximate surface area is 194 Å². The quantitative estimate of drug-likeness (QED) is 0.453. The van der Waals surface area contributed by atoms with Gasteiger partial charge in [-0.1, -0.05) is 47.5 Å². The molecule has 164 valence electrons. The van der Waals surface area contributed by atoms with E-state index in [1.165, 1.54) is 6.20 Å². The number of carbonyl (C=O) groups is 1. The number of nitrogens with one attached hydrogen (secondary N) is 2. The SMILES string of the molecule is NC(=O)[C@@H]1[C@H](Nc2nc(Nc3cnn(Cc4ccc(Cl)cc4)c3)ncc2Cl)[C@H]2C=C[C@@H]1C2. The molecule has 1 amide bonds. The maximum Gasteiger partial charge on any atom is 0.229 e. The number of nitrogens with two attached hydrogens (primary N) is 1. The van der Waals surface area contributed by atoms with Gasteiger partial charge in [-0.15, -0.1) is 0 Å². The van der Waals surface area contributed by atoms with E-state index in [1.54, 1.807) is 10.9 Å². The standard InChI is InChI=1S/C22H21Cl2N7O/c23-15-5-1-12(2-6-15)10-31-11-16(8-27-31)28-22-26-9-17(24)21(30-22)29-19-14-4-3-13(7-14)18(19)20(25)32/h1-6,8-9,11,13-14,18-19H,7,10H2,(H2,25,32)(H2,26,28,29,30)/t13-,14+,18+,19-/m1/s1. The van der Waals surface area contributed by atoms with Crippen LogP contribution in [0.4, 0.5) is 17.5 Å². The van der Waals surface area contributed by atoms with Gasteiger partial charge in [0.1, 0.15) is 5.02 Å². The molecule has 0 radical (unpaired) electrons. The monoisotopic (exact) mass is 469 g/mol. The van der Waals surface area contributed by atoms with Gasteiger partial charge >= 0.3 is 0 Å². The number of hydrogen-bond acceptors (Lipinski definition) is 6. The van der Waals surface area contributed by atoms with Crippen molar-refractivity contribution in [1.82, 2.24) is 19.7 Å². The summed E-state index contributed by atoms with van der Waals surface area (Å²) in [4.78, 5) is 20.8. The van der Waals surface area contributed by atoms with Crippen LogP contribution in [0.3, 0.4) is 0 Å². The van der Waals surface area contributed by atoms with Crippen LogP contribution in [-0.4, -0.2) is 31.7 Å². The highest BCUT2D eigenvalue weighted by Gasteiger charge is 2.47. The molecule has 2 aliphatic carbocycles. The molecular weight excluding hydrogens is 449 g/mol. The van der Waals surface area contributed by atoms with Crippen molar-refractivity contribution in [1.29, 1.82) is 0 Å². The van der Waals surface area contributed by atoms with E-state index in [-0.39, 0.29) is 29.7 Å². The molecule has 0 saturated heterocycles. The number of rotatable bonds is 7. The first-order chi connectivity index (χ1) is 15.5. The average Bonchev–Trinajstić information content (AvgIpc) is 3.49. The van der Waals surface area contributed by atoms with Gasteiger partial charge in [0.15, 0.2) is 5.82 Å². The second kappa shape index (κ2) is 8.44. The average molecular weight is 470 g/mol. The van der Waals surface area contributed by atoms with E-state index in [0.717, 1.165) is 17.7 Å². The summed E-state index contributed by atoms with van der Waals surface area (Å²) in [6.45, 7) is 0.611. The number of allylic oxidation sites excluding steroid dienone is 1. The molecular formula is C22H21Cl2N7O. The Morgan fingerprint density at radius 3 is 2.72 bits per heavy atom. The zero-order valence-electron chi connectivity index (χ0n) is 17.0. The van der Waals surface area contributed by atoms with Gasteiger partial charge in [-0.25, -0.2) is 4.98 Å². The van der Waals surface area contributed by atoms with Gasteiger partial charge in [-0.3, -0.25) is 9.48 Å². The molecule has 32 heavy (non-hydrogen) atoms. The fraction of sp³-hybridized carbons (Fsp3) is 0.273. The Bertz CT molecular complexity index is 1180. The van der Waals surface area contributed by atoms with E-state index in [9.17, 15) is 4.79 Å². The van der Waals surface area contributed by atoms with Gasteiger partial charge in [-0.05, 0) is 36.0 Å². The van der Waals surface area contributed by atoms with Gasteiger partial charge in [0.05, 0.1) is 30.5 Å². The molecule has 2 aromatic heterocycles. The topological polar surface area (TPSA) is 111 Å². The highest BCUT2D eigenvalue weighted by atomic mass is 35.5. The van der Waals surface area contributed by atoms with Crippen molar-refractivity contribution in [2.75, 3.05) is 10.6 Å². The minimum Gasteiger partial charge on any atom is -0.369 e. The summed E-state index contributed by atoms with van der Waals surface area (Å²) in [6, 6.07) is 7.49. The first kappa shape index (κ1) is 20.8. The summed E-state index contributed by atoms with van der Waals surface area (Å²) in [6.07, 6.45) is 10.2. The normalized spacial score (nSPS) is 23.4. The number of amides is 1. The number of anilines is 3. The summed E-state index contributed by atoms with van der Waals surface area (Å²) < 4.78 is 1.81. The lowest BCUT2D eigenvalue weighted by Gasteiger charge is -2.27. The minimum absolute atomic E-state index is 0.134. The lowest BCUT2D eigenvalue weighted by Crippen LogP contribution is -2.41. The molecule has 1 saturated carbocycles. The van der Waals surface area contributed by atoms with E-state index in [4.69, 9.17) is 28.9 Å². The summed E-state index contributed by atoms with van der Waals surface area (Å²) >= 11 is 12.3. The second-order valence-corrected chi connectivity index (χ2v) is 8.96. The Kier molecular flexibility index (Phi) is 5.48. The van der Waals surface area contributed by atoms with Crippen molar-refractivity contribution in [3.05, 3.63) is 70.6 Å². The van der Waals surface area contributed by atoms with Gasteiger partial charge in [0, 0.05) is 17.3 Å². The predicted octanol–water partition coefficient (Wildman–Crippen LogP) is 3.86. The number of hydrogen-bond donors (Lipinski definition) is 3. The van der Waals surface area contributed by atoms with Crippen LogP contribution < -0.4 is 16.4 Å². The Morgan fingerprint density at radius 2 is 1.94 bits per heavy atom. The van der Waals surface area contributed by atoms with Crippen molar-refractivity contribution in [3.63, 3.8) is 0 Å².